The molecule has 7 heteroatoms. The maximum absolute atomic E-state index is 11.1. The predicted octanol–water partition coefficient (Wildman–Crippen LogP) is 5.65. The van der Waals surface area contributed by atoms with E-state index in [0.717, 1.165) is 26.3 Å². The summed E-state index contributed by atoms with van der Waals surface area (Å²) in [4.78, 5) is 16.7. The van der Waals surface area contributed by atoms with E-state index in [1.54, 1.807) is 11.9 Å². The average molecular weight is 420 g/mol. The molecule has 4 nitrogen and oxygen atoms in total. The van der Waals surface area contributed by atoms with E-state index in [-0.39, 0.29) is 5.91 Å². The summed E-state index contributed by atoms with van der Waals surface area (Å²) < 4.78 is 4.39. The fourth-order valence-corrected chi connectivity index (χ4v) is 4.02. The molecule has 0 aliphatic rings. The summed E-state index contributed by atoms with van der Waals surface area (Å²) in [5, 5.41) is 5.25. The van der Waals surface area contributed by atoms with Crippen molar-refractivity contribution in [3.63, 3.8) is 0 Å². The van der Waals surface area contributed by atoms with Gasteiger partial charge in [-0.2, -0.15) is 0 Å². The summed E-state index contributed by atoms with van der Waals surface area (Å²) in [6, 6.07) is 16.1. The molecule has 24 heavy (non-hydrogen) atoms. The SMILES string of the molecule is CC(=O)Nc1nc(-c2cccc(NSc3cccc(Br)c3)c2)cs1. The van der Waals surface area contributed by atoms with E-state index in [1.165, 1.54) is 18.3 Å². The lowest BCUT2D eigenvalue weighted by Gasteiger charge is -2.07. The number of hydrogen-bond donors (Lipinski definition) is 2. The van der Waals surface area contributed by atoms with E-state index in [2.05, 4.69) is 37.0 Å². The molecule has 1 amide bonds. The van der Waals surface area contributed by atoms with E-state index in [9.17, 15) is 4.79 Å². The van der Waals surface area contributed by atoms with Gasteiger partial charge < -0.3 is 10.0 Å². The Morgan fingerprint density at radius 3 is 2.83 bits per heavy atom. The van der Waals surface area contributed by atoms with Gasteiger partial charge in [0.25, 0.3) is 0 Å². The fourth-order valence-electron chi connectivity index (χ4n) is 2.00. The first-order chi connectivity index (χ1) is 11.6. The van der Waals surface area contributed by atoms with Gasteiger partial charge in [-0.15, -0.1) is 11.3 Å². The highest BCUT2D eigenvalue weighted by Crippen LogP contribution is 2.29. The normalized spacial score (nSPS) is 10.4. The highest BCUT2D eigenvalue weighted by atomic mass is 79.9. The average Bonchev–Trinajstić information content (AvgIpc) is 3.01. The van der Waals surface area contributed by atoms with Crippen LogP contribution in [0.25, 0.3) is 11.3 Å². The van der Waals surface area contributed by atoms with Gasteiger partial charge >= 0.3 is 0 Å². The van der Waals surface area contributed by atoms with Crippen molar-refractivity contribution < 1.29 is 4.79 Å². The van der Waals surface area contributed by atoms with Gasteiger partial charge in [-0.05, 0) is 42.3 Å². The molecule has 0 atom stereocenters. The van der Waals surface area contributed by atoms with Crippen molar-refractivity contribution in [2.45, 2.75) is 11.8 Å². The Hall–Kier alpha value is -1.83. The van der Waals surface area contributed by atoms with Crippen molar-refractivity contribution in [2.24, 2.45) is 0 Å². The topological polar surface area (TPSA) is 54.0 Å². The molecule has 0 fully saturated rings. The quantitative estimate of drug-likeness (QED) is 0.524. The Morgan fingerprint density at radius 1 is 1.21 bits per heavy atom. The van der Waals surface area contributed by atoms with Crippen molar-refractivity contribution >= 4 is 55.9 Å². The predicted molar refractivity (Wildman–Crippen MR) is 105 cm³/mol. The number of hydrogen-bond acceptors (Lipinski definition) is 5. The molecule has 2 aromatic carbocycles. The van der Waals surface area contributed by atoms with Gasteiger partial charge in [0, 0.05) is 32.9 Å². The first kappa shape index (κ1) is 17.0. The monoisotopic (exact) mass is 419 g/mol. The molecule has 0 aliphatic carbocycles. The molecule has 0 spiro atoms. The maximum Gasteiger partial charge on any atom is 0.223 e. The zero-order chi connectivity index (χ0) is 16.9. The number of carbonyl (C=O) groups is 1. The number of rotatable bonds is 5. The lowest BCUT2D eigenvalue weighted by atomic mass is 10.1. The van der Waals surface area contributed by atoms with Gasteiger partial charge in [0.2, 0.25) is 5.91 Å². The fraction of sp³-hybridized carbons (Fsp3) is 0.0588. The standard InChI is InChI=1S/C17H14BrN3OS2/c1-11(22)19-17-20-16(10-23-17)12-4-2-6-14(8-12)21-24-15-7-3-5-13(18)9-15/h2-10,21H,1H3,(H,19,20,22). The van der Waals surface area contributed by atoms with E-state index >= 15 is 0 Å². The summed E-state index contributed by atoms with van der Waals surface area (Å²) in [6.07, 6.45) is 0. The Balaban J connectivity index is 1.72. The van der Waals surface area contributed by atoms with Crippen LogP contribution in [0.15, 0.2) is 63.3 Å². The number of nitrogens with zero attached hydrogens (tertiary/aromatic N) is 1. The molecule has 2 N–H and O–H groups in total. The lowest BCUT2D eigenvalue weighted by Crippen LogP contribution is -2.04. The van der Waals surface area contributed by atoms with Crippen molar-refractivity contribution in [1.82, 2.24) is 4.98 Å². The van der Waals surface area contributed by atoms with Gasteiger partial charge in [0.05, 0.1) is 5.69 Å². The van der Waals surface area contributed by atoms with Crippen LogP contribution < -0.4 is 10.0 Å². The van der Waals surface area contributed by atoms with Gasteiger partial charge in [-0.3, -0.25) is 4.79 Å². The van der Waals surface area contributed by atoms with Gasteiger partial charge in [-0.1, -0.05) is 34.1 Å². The minimum atomic E-state index is -0.114. The molecular formula is C17H14BrN3OS2. The van der Waals surface area contributed by atoms with Crippen molar-refractivity contribution in [3.8, 4) is 11.3 Å². The molecule has 1 aromatic heterocycles. The van der Waals surface area contributed by atoms with E-state index < -0.39 is 0 Å². The molecule has 0 saturated carbocycles. The highest BCUT2D eigenvalue weighted by Gasteiger charge is 2.06. The van der Waals surface area contributed by atoms with Crippen molar-refractivity contribution in [2.75, 3.05) is 10.0 Å². The third-order valence-electron chi connectivity index (χ3n) is 3.03. The van der Waals surface area contributed by atoms with Crippen LogP contribution in [0.1, 0.15) is 6.92 Å². The smallest absolute Gasteiger partial charge is 0.223 e. The molecule has 122 valence electrons. The number of anilines is 2. The van der Waals surface area contributed by atoms with Crippen LogP contribution in [-0.4, -0.2) is 10.9 Å². The molecule has 3 aromatic rings. The zero-order valence-corrected chi connectivity index (χ0v) is 16.0. The molecule has 0 aliphatic heterocycles. The summed E-state index contributed by atoms with van der Waals surface area (Å²) in [5.41, 5.74) is 2.84. The van der Waals surface area contributed by atoms with Crippen LogP contribution in [0, 0.1) is 0 Å². The molecule has 1 heterocycles. The number of halogens is 1. The van der Waals surface area contributed by atoms with Crippen molar-refractivity contribution in [1.29, 1.82) is 0 Å². The molecule has 0 unspecified atom stereocenters. The third-order valence-corrected chi connectivity index (χ3v) is 5.11. The summed E-state index contributed by atoms with van der Waals surface area (Å²) in [5.74, 6) is -0.114. The lowest BCUT2D eigenvalue weighted by molar-refractivity contribution is -0.114. The molecule has 0 radical (unpaired) electrons. The number of benzene rings is 2. The number of amides is 1. The molecular weight excluding hydrogens is 406 g/mol. The number of carbonyl (C=O) groups excluding carboxylic acids is 1. The van der Waals surface area contributed by atoms with E-state index in [0.29, 0.717) is 5.13 Å². The van der Waals surface area contributed by atoms with Gasteiger partial charge in [0.15, 0.2) is 5.13 Å². The van der Waals surface area contributed by atoms with Gasteiger partial charge in [0.1, 0.15) is 0 Å². The Morgan fingerprint density at radius 2 is 2.04 bits per heavy atom. The Labute approximate surface area is 157 Å². The van der Waals surface area contributed by atoms with Crippen LogP contribution in [0.3, 0.4) is 0 Å². The number of aromatic nitrogens is 1. The highest BCUT2D eigenvalue weighted by molar-refractivity contribution is 9.10. The first-order valence-corrected chi connectivity index (χ1v) is 9.61. The summed E-state index contributed by atoms with van der Waals surface area (Å²) in [6.45, 7) is 1.48. The third kappa shape index (κ3) is 4.59. The number of thiazole rings is 1. The Kier molecular flexibility index (Phi) is 5.55. The van der Waals surface area contributed by atoms with E-state index in [1.807, 2.05) is 47.8 Å². The number of nitrogens with one attached hydrogen (secondary N) is 2. The van der Waals surface area contributed by atoms with Crippen LogP contribution in [0.4, 0.5) is 10.8 Å². The van der Waals surface area contributed by atoms with Crippen LogP contribution in [-0.2, 0) is 4.79 Å². The van der Waals surface area contributed by atoms with Crippen LogP contribution in [0.5, 0.6) is 0 Å². The maximum atomic E-state index is 11.1. The molecule has 0 saturated heterocycles. The first-order valence-electron chi connectivity index (χ1n) is 7.12. The summed E-state index contributed by atoms with van der Waals surface area (Å²) in [7, 11) is 0. The summed E-state index contributed by atoms with van der Waals surface area (Å²) >= 11 is 6.44. The molecule has 3 rings (SSSR count). The van der Waals surface area contributed by atoms with Gasteiger partial charge in [-0.25, -0.2) is 4.98 Å². The largest absolute Gasteiger partial charge is 0.326 e. The minimum absolute atomic E-state index is 0.114. The Bertz CT molecular complexity index is 866. The second-order valence-corrected chi connectivity index (χ2v) is 7.61. The van der Waals surface area contributed by atoms with Crippen LogP contribution in [0.2, 0.25) is 0 Å². The van der Waals surface area contributed by atoms with Crippen LogP contribution >= 0.6 is 39.2 Å². The second kappa shape index (κ2) is 7.83. The molecule has 0 bridgehead atoms. The second-order valence-electron chi connectivity index (χ2n) is 4.96. The van der Waals surface area contributed by atoms with Crippen molar-refractivity contribution in [3.05, 3.63) is 58.4 Å². The zero-order valence-electron chi connectivity index (χ0n) is 12.7. The van der Waals surface area contributed by atoms with E-state index in [4.69, 9.17) is 0 Å². The minimum Gasteiger partial charge on any atom is -0.326 e.